The molecule has 0 unspecified atom stereocenters. The molecule has 2 rings (SSSR count). The molecule has 1 saturated carbocycles. The highest BCUT2D eigenvalue weighted by Crippen LogP contribution is 2.29. The lowest BCUT2D eigenvalue weighted by Crippen LogP contribution is -2.49. The maximum Gasteiger partial charge on any atom is 0.271 e. The van der Waals surface area contributed by atoms with E-state index in [0.717, 1.165) is 25.7 Å². The number of carbonyl (C=O) groups excluding carboxylic acids is 1. The normalized spacial score (nSPS) is 19.0. The molecule has 4 nitrogen and oxygen atoms in total. The predicted molar refractivity (Wildman–Crippen MR) is 57.9 cm³/mol. The van der Waals surface area contributed by atoms with E-state index in [1.54, 1.807) is 10.9 Å². The van der Waals surface area contributed by atoms with Gasteiger partial charge in [-0.3, -0.25) is 4.79 Å². The Morgan fingerprint density at radius 3 is 2.87 bits per heavy atom. The van der Waals surface area contributed by atoms with Crippen molar-refractivity contribution in [2.45, 2.75) is 31.2 Å². The van der Waals surface area contributed by atoms with Crippen LogP contribution in [-0.2, 0) is 0 Å². The molecule has 82 valence electrons. The lowest BCUT2D eigenvalue weighted by atomic mass is 9.99. The van der Waals surface area contributed by atoms with Crippen molar-refractivity contribution in [1.82, 2.24) is 10.3 Å². The number of hydrogen-bond donors (Lipinski definition) is 2. The van der Waals surface area contributed by atoms with Gasteiger partial charge in [-0.15, -0.1) is 11.3 Å². The Morgan fingerprint density at radius 2 is 2.33 bits per heavy atom. The molecule has 0 atom stereocenters. The van der Waals surface area contributed by atoms with Gasteiger partial charge in [-0.1, -0.05) is 12.8 Å². The summed E-state index contributed by atoms with van der Waals surface area (Å²) < 4.78 is 0. The molecular formula is C10H14N2O2S. The van der Waals surface area contributed by atoms with Gasteiger partial charge in [0.1, 0.15) is 5.69 Å². The van der Waals surface area contributed by atoms with Crippen LogP contribution in [0.2, 0.25) is 0 Å². The molecule has 0 aromatic carbocycles. The third kappa shape index (κ3) is 2.18. The Kier molecular flexibility index (Phi) is 3.02. The lowest BCUT2D eigenvalue weighted by Gasteiger charge is -2.27. The zero-order chi connectivity index (χ0) is 10.7. The molecular weight excluding hydrogens is 212 g/mol. The fraction of sp³-hybridized carbons (Fsp3) is 0.600. The number of thiazole rings is 1. The molecule has 0 aliphatic heterocycles. The number of aliphatic hydroxyl groups excluding tert-OH is 1. The number of amides is 1. The van der Waals surface area contributed by atoms with Crippen LogP contribution in [0.5, 0.6) is 0 Å². The maximum absolute atomic E-state index is 11.7. The number of nitrogens with zero attached hydrogens (tertiary/aromatic N) is 1. The summed E-state index contributed by atoms with van der Waals surface area (Å²) in [5, 5.41) is 13.9. The van der Waals surface area contributed by atoms with E-state index in [1.165, 1.54) is 11.3 Å². The van der Waals surface area contributed by atoms with E-state index in [9.17, 15) is 9.90 Å². The van der Waals surface area contributed by atoms with E-state index in [0.29, 0.717) is 5.69 Å². The Balaban J connectivity index is 2.04. The number of aromatic nitrogens is 1. The fourth-order valence-corrected chi connectivity index (χ4v) is 2.54. The summed E-state index contributed by atoms with van der Waals surface area (Å²) in [6.07, 6.45) is 3.86. The highest BCUT2D eigenvalue weighted by molar-refractivity contribution is 7.07. The van der Waals surface area contributed by atoms with E-state index in [2.05, 4.69) is 10.3 Å². The van der Waals surface area contributed by atoms with Gasteiger partial charge in [-0.2, -0.15) is 0 Å². The number of nitrogens with one attached hydrogen (secondary N) is 1. The molecule has 0 bridgehead atoms. The van der Waals surface area contributed by atoms with Crippen LogP contribution < -0.4 is 5.32 Å². The first-order valence-corrected chi connectivity index (χ1v) is 6.02. The molecule has 1 aliphatic carbocycles. The van der Waals surface area contributed by atoms with Gasteiger partial charge >= 0.3 is 0 Å². The van der Waals surface area contributed by atoms with Crippen molar-refractivity contribution in [2.75, 3.05) is 6.61 Å². The van der Waals surface area contributed by atoms with Gasteiger partial charge in [-0.25, -0.2) is 4.98 Å². The molecule has 0 saturated heterocycles. The van der Waals surface area contributed by atoms with Crippen molar-refractivity contribution >= 4 is 17.2 Å². The second-order valence-electron chi connectivity index (χ2n) is 3.97. The van der Waals surface area contributed by atoms with Crippen LogP contribution in [0.4, 0.5) is 0 Å². The minimum Gasteiger partial charge on any atom is -0.394 e. The third-order valence-corrected chi connectivity index (χ3v) is 3.49. The average molecular weight is 226 g/mol. The monoisotopic (exact) mass is 226 g/mol. The molecule has 1 aromatic heterocycles. The molecule has 1 amide bonds. The smallest absolute Gasteiger partial charge is 0.271 e. The summed E-state index contributed by atoms with van der Waals surface area (Å²) in [5.41, 5.74) is 1.68. The number of aliphatic hydroxyl groups is 1. The third-order valence-electron chi connectivity index (χ3n) is 2.91. The van der Waals surface area contributed by atoms with Crippen molar-refractivity contribution in [3.8, 4) is 0 Å². The van der Waals surface area contributed by atoms with Crippen LogP contribution in [-0.4, -0.2) is 28.1 Å². The molecule has 1 heterocycles. The number of hydrogen-bond acceptors (Lipinski definition) is 4. The fourth-order valence-electron chi connectivity index (χ4n) is 2.00. The second-order valence-corrected chi connectivity index (χ2v) is 4.69. The van der Waals surface area contributed by atoms with Crippen LogP contribution in [0.15, 0.2) is 10.9 Å². The van der Waals surface area contributed by atoms with Crippen LogP contribution in [0, 0.1) is 0 Å². The van der Waals surface area contributed by atoms with Gasteiger partial charge in [0.25, 0.3) is 5.91 Å². The Hall–Kier alpha value is -0.940. The zero-order valence-corrected chi connectivity index (χ0v) is 9.22. The first-order valence-electron chi connectivity index (χ1n) is 5.07. The Labute approximate surface area is 92.3 Å². The van der Waals surface area contributed by atoms with Gasteiger partial charge in [0, 0.05) is 5.38 Å². The Morgan fingerprint density at radius 1 is 1.60 bits per heavy atom. The molecule has 1 aliphatic rings. The van der Waals surface area contributed by atoms with E-state index in [-0.39, 0.29) is 12.5 Å². The summed E-state index contributed by atoms with van der Waals surface area (Å²) in [7, 11) is 0. The first kappa shape index (κ1) is 10.6. The molecule has 0 radical (unpaired) electrons. The highest BCUT2D eigenvalue weighted by atomic mass is 32.1. The van der Waals surface area contributed by atoms with Crippen molar-refractivity contribution in [3.63, 3.8) is 0 Å². The zero-order valence-electron chi connectivity index (χ0n) is 8.40. The summed E-state index contributed by atoms with van der Waals surface area (Å²) in [4.78, 5) is 15.7. The molecule has 1 fully saturated rings. The number of carbonyl (C=O) groups is 1. The van der Waals surface area contributed by atoms with Gasteiger partial charge in [0.15, 0.2) is 0 Å². The highest BCUT2D eigenvalue weighted by Gasteiger charge is 2.35. The topological polar surface area (TPSA) is 62.2 Å². The summed E-state index contributed by atoms with van der Waals surface area (Å²) in [6.45, 7) is 0.0167. The number of rotatable bonds is 3. The van der Waals surface area contributed by atoms with Crippen molar-refractivity contribution in [3.05, 3.63) is 16.6 Å². The van der Waals surface area contributed by atoms with Crippen LogP contribution >= 0.6 is 11.3 Å². The van der Waals surface area contributed by atoms with Gasteiger partial charge in [-0.05, 0) is 12.8 Å². The quantitative estimate of drug-likeness (QED) is 0.813. The second kappa shape index (κ2) is 4.28. The van der Waals surface area contributed by atoms with Crippen molar-refractivity contribution < 1.29 is 9.90 Å². The lowest BCUT2D eigenvalue weighted by molar-refractivity contribution is 0.0834. The first-order chi connectivity index (χ1) is 7.26. The van der Waals surface area contributed by atoms with Crippen molar-refractivity contribution in [1.29, 1.82) is 0 Å². The maximum atomic E-state index is 11.7. The van der Waals surface area contributed by atoms with Crippen LogP contribution in [0.25, 0.3) is 0 Å². The van der Waals surface area contributed by atoms with Crippen molar-refractivity contribution in [2.24, 2.45) is 0 Å². The summed E-state index contributed by atoms with van der Waals surface area (Å²) in [6, 6.07) is 0. The average Bonchev–Trinajstić information content (AvgIpc) is 2.88. The molecule has 15 heavy (non-hydrogen) atoms. The van der Waals surface area contributed by atoms with Crippen LogP contribution in [0.3, 0.4) is 0 Å². The molecule has 1 aromatic rings. The van der Waals surface area contributed by atoms with Gasteiger partial charge in [0.05, 0.1) is 17.7 Å². The predicted octanol–water partition coefficient (Wildman–Crippen LogP) is 1.18. The van der Waals surface area contributed by atoms with Gasteiger partial charge in [0.2, 0.25) is 0 Å². The molecule has 2 N–H and O–H groups in total. The summed E-state index contributed by atoms with van der Waals surface area (Å²) in [5.74, 6) is -0.174. The minimum absolute atomic E-state index is 0.0167. The summed E-state index contributed by atoms with van der Waals surface area (Å²) >= 11 is 1.40. The standard InChI is InChI=1S/C10H14N2O2S/c13-6-10(3-1-2-4-10)12-9(14)8-5-15-7-11-8/h5,7,13H,1-4,6H2,(H,12,14). The SMILES string of the molecule is O=C(NC1(CO)CCCC1)c1cscn1. The minimum atomic E-state index is -0.402. The van der Waals surface area contributed by atoms with E-state index >= 15 is 0 Å². The molecule has 5 heteroatoms. The van der Waals surface area contributed by atoms with Crippen LogP contribution in [0.1, 0.15) is 36.2 Å². The molecule has 0 spiro atoms. The van der Waals surface area contributed by atoms with E-state index in [1.807, 2.05) is 0 Å². The van der Waals surface area contributed by atoms with Gasteiger partial charge < -0.3 is 10.4 Å². The van der Waals surface area contributed by atoms with E-state index in [4.69, 9.17) is 0 Å². The largest absolute Gasteiger partial charge is 0.394 e. The van der Waals surface area contributed by atoms with E-state index < -0.39 is 5.54 Å². The Bertz CT molecular complexity index is 331.